The number of hydrogen-bond acceptors (Lipinski definition) is 3. The van der Waals surface area contributed by atoms with E-state index in [1.54, 1.807) is 6.20 Å². The third-order valence-electron chi connectivity index (χ3n) is 3.37. The lowest BCUT2D eigenvalue weighted by atomic mass is 10.0. The zero-order valence-electron chi connectivity index (χ0n) is 11.7. The summed E-state index contributed by atoms with van der Waals surface area (Å²) in [5, 5.41) is 0. The Morgan fingerprint density at radius 3 is 2.74 bits per heavy atom. The van der Waals surface area contributed by atoms with Gasteiger partial charge in [0.05, 0.1) is 18.3 Å². The first kappa shape index (κ1) is 14.0. The Kier molecular flexibility index (Phi) is 4.53. The van der Waals surface area contributed by atoms with Crippen molar-refractivity contribution in [1.82, 2.24) is 9.88 Å². The summed E-state index contributed by atoms with van der Waals surface area (Å²) in [4.78, 5) is 18.6. The molecule has 4 heteroatoms. The van der Waals surface area contributed by atoms with Crippen LogP contribution in [0.1, 0.15) is 38.8 Å². The van der Waals surface area contributed by atoms with Crippen molar-refractivity contribution in [3.8, 4) is 0 Å². The second-order valence-corrected chi connectivity index (χ2v) is 5.75. The zero-order chi connectivity index (χ0) is 13.8. The van der Waals surface area contributed by atoms with Crippen LogP contribution in [0, 0.1) is 5.92 Å². The Labute approximate surface area is 115 Å². The number of rotatable bonds is 6. The van der Waals surface area contributed by atoms with Crippen LogP contribution in [-0.2, 0) is 11.3 Å². The summed E-state index contributed by atoms with van der Waals surface area (Å²) in [6.07, 6.45) is 4.68. The number of aromatic nitrogens is 1. The van der Waals surface area contributed by atoms with Gasteiger partial charge in [-0.1, -0.05) is 19.9 Å². The van der Waals surface area contributed by atoms with Crippen molar-refractivity contribution >= 4 is 5.91 Å². The summed E-state index contributed by atoms with van der Waals surface area (Å²) in [6.45, 7) is 4.76. The van der Waals surface area contributed by atoms with Crippen molar-refractivity contribution in [2.45, 2.75) is 51.7 Å². The summed E-state index contributed by atoms with van der Waals surface area (Å²) >= 11 is 0. The highest BCUT2D eigenvalue weighted by atomic mass is 16.2. The molecule has 4 nitrogen and oxygen atoms in total. The van der Waals surface area contributed by atoms with Gasteiger partial charge in [-0.2, -0.15) is 0 Å². The molecule has 1 aromatic rings. The first-order valence-electron chi connectivity index (χ1n) is 7.04. The summed E-state index contributed by atoms with van der Waals surface area (Å²) in [7, 11) is 0. The maximum atomic E-state index is 12.4. The molecule has 1 unspecified atom stereocenters. The summed E-state index contributed by atoms with van der Waals surface area (Å²) < 4.78 is 0. The highest BCUT2D eigenvalue weighted by Crippen LogP contribution is 2.29. The van der Waals surface area contributed by atoms with Crippen molar-refractivity contribution in [2.24, 2.45) is 11.7 Å². The van der Waals surface area contributed by atoms with E-state index < -0.39 is 0 Å². The largest absolute Gasteiger partial charge is 0.332 e. The molecule has 1 aliphatic rings. The van der Waals surface area contributed by atoms with Crippen LogP contribution in [0.3, 0.4) is 0 Å². The van der Waals surface area contributed by atoms with Crippen LogP contribution in [0.25, 0.3) is 0 Å². The Bertz CT molecular complexity index is 415. The van der Waals surface area contributed by atoms with Crippen LogP contribution < -0.4 is 5.73 Å². The zero-order valence-corrected chi connectivity index (χ0v) is 11.7. The summed E-state index contributed by atoms with van der Waals surface area (Å²) in [5.74, 6) is 0.511. The third-order valence-corrected chi connectivity index (χ3v) is 3.37. The van der Waals surface area contributed by atoms with Gasteiger partial charge in [0.15, 0.2) is 0 Å². The highest BCUT2D eigenvalue weighted by molar-refractivity contribution is 5.82. The normalized spacial score (nSPS) is 16.4. The van der Waals surface area contributed by atoms with E-state index in [9.17, 15) is 4.79 Å². The van der Waals surface area contributed by atoms with Crippen LogP contribution in [0.5, 0.6) is 0 Å². The molecule has 1 fully saturated rings. The van der Waals surface area contributed by atoms with Crippen LogP contribution in [0.4, 0.5) is 0 Å². The standard InChI is InChI=1S/C15H23N3O/c1-11(2)9-14(16)15(19)18(13-6-7-13)10-12-5-3-4-8-17-12/h3-5,8,11,13-14H,6-7,9-10,16H2,1-2H3. The lowest BCUT2D eigenvalue weighted by molar-refractivity contribution is -0.134. The predicted molar refractivity (Wildman–Crippen MR) is 75.2 cm³/mol. The maximum Gasteiger partial charge on any atom is 0.240 e. The molecule has 19 heavy (non-hydrogen) atoms. The van der Waals surface area contributed by atoms with E-state index in [1.807, 2.05) is 23.1 Å². The molecule has 104 valence electrons. The topological polar surface area (TPSA) is 59.2 Å². The number of carbonyl (C=O) groups excluding carboxylic acids is 1. The average molecular weight is 261 g/mol. The lowest BCUT2D eigenvalue weighted by Crippen LogP contribution is -2.45. The van der Waals surface area contributed by atoms with Crippen molar-refractivity contribution in [1.29, 1.82) is 0 Å². The van der Waals surface area contributed by atoms with E-state index in [-0.39, 0.29) is 11.9 Å². The van der Waals surface area contributed by atoms with E-state index in [2.05, 4.69) is 18.8 Å². The Morgan fingerprint density at radius 1 is 1.47 bits per heavy atom. The molecule has 1 amide bonds. The molecule has 0 radical (unpaired) electrons. The Morgan fingerprint density at radius 2 is 2.21 bits per heavy atom. The minimum absolute atomic E-state index is 0.0712. The van der Waals surface area contributed by atoms with Crippen LogP contribution in [0.2, 0.25) is 0 Å². The molecule has 0 spiro atoms. The van der Waals surface area contributed by atoms with Crippen molar-refractivity contribution in [3.63, 3.8) is 0 Å². The van der Waals surface area contributed by atoms with Crippen LogP contribution in [0.15, 0.2) is 24.4 Å². The first-order valence-corrected chi connectivity index (χ1v) is 7.04. The van der Waals surface area contributed by atoms with Gasteiger partial charge < -0.3 is 10.6 Å². The van der Waals surface area contributed by atoms with E-state index in [1.165, 1.54) is 0 Å². The molecule has 0 bridgehead atoms. The molecule has 1 saturated carbocycles. The fraction of sp³-hybridized carbons (Fsp3) is 0.600. The van der Waals surface area contributed by atoms with Gasteiger partial charge in [0.2, 0.25) is 5.91 Å². The quantitative estimate of drug-likeness (QED) is 0.851. The summed E-state index contributed by atoms with van der Waals surface area (Å²) in [6, 6.07) is 5.77. The van der Waals surface area contributed by atoms with Gasteiger partial charge in [0.1, 0.15) is 0 Å². The molecule has 1 atom stereocenters. The molecule has 2 N–H and O–H groups in total. The van der Waals surface area contributed by atoms with Gasteiger partial charge in [-0.25, -0.2) is 0 Å². The van der Waals surface area contributed by atoms with Gasteiger partial charge in [-0.05, 0) is 37.3 Å². The molecule has 0 saturated heterocycles. The molecular weight excluding hydrogens is 238 g/mol. The molecule has 0 aliphatic heterocycles. The fourth-order valence-electron chi connectivity index (χ4n) is 2.26. The third kappa shape index (κ3) is 4.03. The van der Waals surface area contributed by atoms with Crippen molar-refractivity contribution in [2.75, 3.05) is 0 Å². The molecule has 1 heterocycles. The van der Waals surface area contributed by atoms with Crippen LogP contribution >= 0.6 is 0 Å². The molecule has 0 aromatic carbocycles. The predicted octanol–water partition coefficient (Wildman–Crippen LogP) is 1.95. The van der Waals surface area contributed by atoms with Crippen molar-refractivity contribution in [3.05, 3.63) is 30.1 Å². The van der Waals surface area contributed by atoms with Gasteiger partial charge in [0, 0.05) is 12.2 Å². The minimum atomic E-state index is -0.385. The number of nitrogens with two attached hydrogens (primary N) is 1. The SMILES string of the molecule is CC(C)CC(N)C(=O)N(Cc1ccccn1)C1CC1. The monoisotopic (exact) mass is 261 g/mol. The molecular formula is C15H23N3O. The summed E-state index contributed by atoms with van der Waals surface area (Å²) in [5.41, 5.74) is 6.96. The van der Waals surface area contributed by atoms with E-state index in [0.29, 0.717) is 18.5 Å². The molecule has 2 rings (SSSR count). The lowest BCUT2D eigenvalue weighted by Gasteiger charge is -2.26. The number of carbonyl (C=O) groups is 1. The first-order chi connectivity index (χ1) is 9.08. The number of pyridine rings is 1. The van der Waals surface area contributed by atoms with Gasteiger partial charge >= 0.3 is 0 Å². The minimum Gasteiger partial charge on any atom is -0.332 e. The van der Waals surface area contributed by atoms with Crippen molar-refractivity contribution < 1.29 is 4.79 Å². The Balaban J connectivity index is 2.01. The van der Waals surface area contributed by atoms with E-state index in [0.717, 1.165) is 25.0 Å². The second-order valence-electron chi connectivity index (χ2n) is 5.75. The molecule has 1 aromatic heterocycles. The maximum absolute atomic E-state index is 12.4. The van der Waals surface area contributed by atoms with Gasteiger partial charge in [0.25, 0.3) is 0 Å². The fourth-order valence-corrected chi connectivity index (χ4v) is 2.26. The van der Waals surface area contributed by atoms with E-state index >= 15 is 0 Å². The Hall–Kier alpha value is -1.42. The highest BCUT2D eigenvalue weighted by Gasteiger charge is 2.35. The van der Waals surface area contributed by atoms with E-state index in [4.69, 9.17) is 5.73 Å². The molecule has 1 aliphatic carbocycles. The second kappa shape index (κ2) is 6.15. The number of amides is 1. The van der Waals surface area contributed by atoms with Crippen LogP contribution in [-0.4, -0.2) is 27.9 Å². The number of hydrogen-bond donors (Lipinski definition) is 1. The smallest absolute Gasteiger partial charge is 0.240 e. The number of nitrogens with zero attached hydrogens (tertiary/aromatic N) is 2. The van der Waals surface area contributed by atoms with Gasteiger partial charge in [-0.3, -0.25) is 9.78 Å². The average Bonchev–Trinajstić information content (AvgIpc) is 3.20. The van der Waals surface area contributed by atoms with Gasteiger partial charge in [-0.15, -0.1) is 0 Å².